The number of aryl methyl sites for hydroxylation is 1. The van der Waals surface area contributed by atoms with Crippen LogP contribution in [0.3, 0.4) is 0 Å². The summed E-state index contributed by atoms with van der Waals surface area (Å²) in [6.45, 7) is 1.39. The maximum Gasteiger partial charge on any atom is 0.343 e. The normalized spacial score (nSPS) is 18.3. The van der Waals surface area contributed by atoms with Crippen molar-refractivity contribution < 1.29 is 28.7 Å². The minimum atomic E-state index is -0.658. The molecule has 0 bridgehead atoms. The molecule has 1 aliphatic carbocycles. The van der Waals surface area contributed by atoms with Crippen LogP contribution in [-0.2, 0) is 9.59 Å². The summed E-state index contributed by atoms with van der Waals surface area (Å²) in [4.78, 5) is 66.0. The van der Waals surface area contributed by atoms with Gasteiger partial charge in [0.15, 0.2) is 5.78 Å². The number of esters is 1. The van der Waals surface area contributed by atoms with E-state index in [9.17, 15) is 24.0 Å². The number of rotatable bonds is 7. The van der Waals surface area contributed by atoms with Crippen LogP contribution in [0.1, 0.15) is 62.3 Å². The Labute approximate surface area is 236 Å². The van der Waals surface area contributed by atoms with Crippen molar-refractivity contribution >= 4 is 41.1 Å². The zero-order chi connectivity index (χ0) is 28.4. The second kappa shape index (κ2) is 11.4. The lowest BCUT2D eigenvalue weighted by Gasteiger charge is -2.30. The Morgan fingerprint density at radius 2 is 1.32 bits per heavy atom. The van der Waals surface area contributed by atoms with Crippen molar-refractivity contribution in [1.29, 1.82) is 0 Å². The molecule has 8 nitrogen and oxygen atoms in total. The van der Waals surface area contributed by atoms with Crippen molar-refractivity contribution in [2.45, 2.75) is 32.6 Å². The molecule has 1 saturated carbocycles. The largest absolute Gasteiger partial charge is 0.423 e. The number of ketones is 1. The maximum absolute atomic E-state index is 13.6. The molecular formula is C31H27ClN2O6. The van der Waals surface area contributed by atoms with E-state index in [4.69, 9.17) is 16.3 Å². The Kier molecular flexibility index (Phi) is 7.80. The van der Waals surface area contributed by atoms with Crippen LogP contribution in [0.15, 0.2) is 72.8 Å². The molecule has 204 valence electrons. The molecular weight excluding hydrogens is 532 g/mol. The molecule has 1 aliphatic heterocycles. The number of halogens is 1. The molecule has 2 atom stereocenters. The molecule has 0 unspecified atom stereocenters. The van der Waals surface area contributed by atoms with Gasteiger partial charge in [0.05, 0.1) is 17.4 Å². The van der Waals surface area contributed by atoms with Crippen LogP contribution in [0.4, 0.5) is 0 Å². The van der Waals surface area contributed by atoms with Crippen LogP contribution in [-0.4, -0.2) is 46.0 Å². The van der Waals surface area contributed by atoms with E-state index in [0.717, 1.165) is 28.4 Å². The molecule has 5 rings (SSSR count). The van der Waals surface area contributed by atoms with Gasteiger partial charge in [-0.1, -0.05) is 42.1 Å². The monoisotopic (exact) mass is 558 g/mol. The van der Waals surface area contributed by atoms with Gasteiger partial charge in [-0.2, -0.15) is 5.01 Å². The zero-order valence-electron chi connectivity index (χ0n) is 21.8. The molecule has 1 saturated heterocycles. The smallest absolute Gasteiger partial charge is 0.343 e. The van der Waals surface area contributed by atoms with Gasteiger partial charge >= 0.3 is 5.97 Å². The molecule has 40 heavy (non-hydrogen) atoms. The quantitative estimate of drug-likeness (QED) is 0.169. The number of hydrazine groups is 1. The first-order chi connectivity index (χ1) is 19.2. The van der Waals surface area contributed by atoms with Crippen molar-refractivity contribution in [3.63, 3.8) is 0 Å². The first-order valence-corrected chi connectivity index (χ1v) is 13.5. The van der Waals surface area contributed by atoms with E-state index in [1.165, 1.54) is 48.5 Å². The lowest BCUT2D eigenvalue weighted by atomic mass is 9.81. The topological polar surface area (TPSA) is 101 Å². The highest BCUT2D eigenvalue weighted by Crippen LogP contribution is 2.39. The lowest BCUT2D eigenvalue weighted by molar-refractivity contribution is -0.154. The predicted molar refractivity (Wildman–Crippen MR) is 147 cm³/mol. The number of Topliss-reactive ketones (excluding diaryl/α,β-unsaturated/α-hetero) is 1. The van der Waals surface area contributed by atoms with Crippen LogP contribution >= 0.6 is 11.6 Å². The van der Waals surface area contributed by atoms with Crippen molar-refractivity contribution in [3.05, 3.63) is 100 Å². The van der Waals surface area contributed by atoms with Gasteiger partial charge in [-0.3, -0.25) is 19.2 Å². The van der Waals surface area contributed by atoms with Gasteiger partial charge in [0.1, 0.15) is 12.3 Å². The highest BCUT2D eigenvalue weighted by atomic mass is 35.5. The number of benzene rings is 3. The first kappa shape index (κ1) is 27.3. The number of carbonyl (C=O) groups is 5. The van der Waals surface area contributed by atoms with Gasteiger partial charge in [0.25, 0.3) is 17.7 Å². The molecule has 3 aromatic rings. The Morgan fingerprint density at radius 1 is 0.800 bits per heavy atom. The van der Waals surface area contributed by atoms with E-state index in [1.54, 1.807) is 24.3 Å². The number of hydrogen-bond donors (Lipinski definition) is 0. The van der Waals surface area contributed by atoms with Gasteiger partial charge in [0, 0.05) is 16.1 Å². The molecule has 9 heteroatoms. The maximum atomic E-state index is 13.6. The molecule has 2 aliphatic rings. The van der Waals surface area contributed by atoms with Gasteiger partial charge in [-0.15, -0.1) is 0 Å². The highest BCUT2D eigenvalue weighted by Gasteiger charge is 2.51. The minimum absolute atomic E-state index is 0.186. The van der Waals surface area contributed by atoms with E-state index in [0.29, 0.717) is 23.4 Å². The standard InChI is InChI=1S/C31H27ClN2O6/c1-19-6-8-22(9-7-19)31(39)40-24-16-12-20(13-17-24)27(35)18-33(28(36)21-10-14-23(32)15-11-21)34-29(37)25-4-2-3-5-26(25)30(34)38/h6-17,25-26H,2-5,18H2,1H3/t25-,26+. The molecule has 2 fully saturated rings. The van der Waals surface area contributed by atoms with Crippen LogP contribution in [0, 0.1) is 18.8 Å². The van der Waals surface area contributed by atoms with Crippen LogP contribution in [0.25, 0.3) is 0 Å². The number of hydrogen-bond acceptors (Lipinski definition) is 6. The summed E-state index contributed by atoms with van der Waals surface area (Å²) >= 11 is 5.97. The summed E-state index contributed by atoms with van der Waals surface area (Å²) in [5, 5.41) is 2.23. The second-order valence-electron chi connectivity index (χ2n) is 10.1. The van der Waals surface area contributed by atoms with Gasteiger partial charge in [-0.05, 0) is 80.4 Å². The van der Waals surface area contributed by atoms with Crippen molar-refractivity contribution in [1.82, 2.24) is 10.0 Å². The lowest BCUT2D eigenvalue weighted by Crippen LogP contribution is -2.52. The van der Waals surface area contributed by atoms with Crippen molar-refractivity contribution in [2.75, 3.05) is 6.54 Å². The SMILES string of the molecule is Cc1ccc(C(=O)Oc2ccc(C(=O)CN(C(=O)c3ccc(Cl)cc3)N3C(=O)[C@H]4CCCC[C@H]4C3=O)cc2)cc1. The number of carbonyl (C=O) groups excluding carboxylic acids is 5. The highest BCUT2D eigenvalue weighted by molar-refractivity contribution is 6.30. The Balaban J connectivity index is 1.36. The number of imide groups is 1. The van der Waals surface area contributed by atoms with Crippen LogP contribution < -0.4 is 4.74 Å². The van der Waals surface area contributed by atoms with E-state index >= 15 is 0 Å². The summed E-state index contributed by atoms with van der Waals surface area (Å²) in [5.41, 5.74) is 1.81. The van der Waals surface area contributed by atoms with Crippen molar-refractivity contribution in [3.8, 4) is 5.75 Å². The average molecular weight is 559 g/mol. The summed E-state index contributed by atoms with van der Waals surface area (Å²) < 4.78 is 5.40. The van der Waals surface area contributed by atoms with Crippen LogP contribution in [0.2, 0.25) is 5.02 Å². The summed E-state index contributed by atoms with van der Waals surface area (Å²) in [6.07, 6.45) is 2.81. The number of amides is 3. The van der Waals surface area contributed by atoms with E-state index < -0.39 is 47.9 Å². The molecule has 3 aromatic carbocycles. The fourth-order valence-electron chi connectivity index (χ4n) is 5.15. The molecule has 0 spiro atoms. The predicted octanol–water partition coefficient (Wildman–Crippen LogP) is 5.28. The van der Waals surface area contributed by atoms with E-state index in [2.05, 4.69) is 0 Å². The average Bonchev–Trinajstić information content (AvgIpc) is 3.22. The molecule has 0 aromatic heterocycles. The fourth-order valence-corrected chi connectivity index (χ4v) is 5.28. The summed E-state index contributed by atoms with van der Waals surface area (Å²) in [7, 11) is 0. The second-order valence-corrected chi connectivity index (χ2v) is 10.5. The summed E-state index contributed by atoms with van der Waals surface area (Å²) in [5.74, 6) is -3.33. The van der Waals surface area contributed by atoms with Gasteiger partial charge in [0.2, 0.25) is 0 Å². The number of ether oxygens (including phenoxy) is 1. The van der Waals surface area contributed by atoms with Gasteiger partial charge in [-0.25, -0.2) is 9.80 Å². The first-order valence-electron chi connectivity index (χ1n) is 13.1. The Hall–Kier alpha value is -4.30. The zero-order valence-corrected chi connectivity index (χ0v) is 22.6. The van der Waals surface area contributed by atoms with Gasteiger partial charge < -0.3 is 4.74 Å². The van der Waals surface area contributed by atoms with E-state index in [-0.39, 0.29) is 16.9 Å². The Bertz CT molecular complexity index is 1440. The molecule has 1 heterocycles. The summed E-state index contributed by atoms with van der Waals surface area (Å²) in [6, 6.07) is 18.9. The third-order valence-electron chi connectivity index (χ3n) is 7.35. The molecule has 3 amide bonds. The van der Waals surface area contributed by atoms with Crippen LogP contribution in [0.5, 0.6) is 5.75 Å². The fraction of sp³-hybridized carbons (Fsp3) is 0.258. The third kappa shape index (κ3) is 5.53. The number of nitrogens with zero attached hydrogens (tertiary/aromatic N) is 2. The Morgan fingerprint density at radius 3 is 1.90 bits per heavy atom. The van der Waals surface area contributed by atoms with E-state index in [1.807, 2.05) is 6.92 Å². The minimum Gasteiger partial charge on any atom is -0.423 e. The number of fused-ring (bicyclic) bond motifs is 1. The third-order valence-corrected chi connectivity index (χ3v) is 7.60. The van der Waals surface area contributed by atoms with Crippen molar-refractivity contribution in [2.24, 2.45) is 11.8 Å². The molecule has 0 N–H and O–H groups in total. The molecule has 0 radical (unpaired) electrons.